The number of rotatable bonds is 20. The van der Waals surface area contributed by atoms with Crippen LogP contribution in [0.3, 0.4) is 0 Å². The molecular weight excluding hydrogens is 870 g/mol. The second-order valence-electron chi connectivity index (χ2n) is 19.9. The molecule has 5 aromatic rings. The van der Waals surface area contributed by atoms with Gasteiger partial charge < -0.3 is 35.1 Å². The average Bonchev–Trinajstić information content (AvgIpc) is 4.01. The fourth-order valence-electron chi connectivity index (χ4n) is 9.32. The summed E-state index contributed by atoms with van der Waals surface area (Å²) in [6.45, 7) is 14.3. The van der Waals surface area contributed by atoms with Crippen LogP contribution in [-0.4, -0.2) is 110 Å². The lowest BCUT2D eigenvalue weighted by Crippen LogP contribution is -2.58. The summed E-state index contributed by atoms with van der Waals surface area (Å²) < 4.78 is 26.9. The number of hydrogen-bond donors (Lipinski definition) is 4. The molecule has 2 aliphatic heterocycles. The number of H-pyrrole nitrogens is 1. The Hall–Kier alpha value is -5.22. The number of pyridine rings is 1. The Morgan fingerprint density at radius 1 is 0.970 bits per heavy atom. The standard InChI is InChI=1S/C52H68FN7O6S/c1-33-25-40-39-15-11-12-16-41(39)57-45(40)46(60(33)31-52(6,7)53)42-22-21-38(28-54-42)66-24-14-10-8-9-13-23-65-30-44(62)58-48(51(3,4)5)50(64)59-29-37(61)26-43(59)49(63)55-27-35-17-19-36(20-18-35)47-34(2)56-32-67-47/h11-12,15-22,28,32-33,37,43,46,48,57,61H,8-10,13-14,23-27,29-31H2,1-7H3,(H,55,63)(H,58,62)/t33-,37-,43+,46-,48-/m1/s1. The molecule has 67 heavy (non-hydrogen) atoms. The highest BCUT2D eigenvalue weighted by Crippen LogP contribution is 2.41. The SMILES string of the molecule is Cc1ncsc1-c1ccc(CNC(=O)[C@@H]2C[C@@H](O)CN2C(=O)[C@@H](NC(=O)COCCCCCCCOc2ccc([C@@H]3c4[nH]c5ccccc5c4C[C@@H](C)N3CC(C)(C)F)nc2)C(C)(C)C)cc1. The molecule has 0 spiro atoms. The van der Waals surface area contributed by atoms with Crippen molar-refractivity contribution >= 4 is 40.0 Å². The molecule has 4 N–H and O–H groups in total. The van der Waals surface area contributed by atoms with Crippen molar-refractivity contribution < 1.29 is 33.4 Å². The van der Waals surface area contributed by atoms with Gasteiger partial charge in [-0.25, -0.2) is 9.37 Å². The predicted molar refractivity (Wildman–Crippen MR) is 260 cm³/mol. The number of ether oxygens (including phenoxy) is 2. The monoisotopic (exact) mass is 937 g/mol. The summed E-state index contributed by atoms with van der Waals surface area (Å²) in [7, 11) is 0. The molecule has 2 aliphatic rings. The highest BCUT2D eigenvalue weighted by atomic mass is 32.1. The molecule has 3 aromatic heterocycles. The van der Waals surface area contributed by atoms with E-state index in [0.717, 1.165) is 77.1 Å². The van der Waals surface area contributed by atoms with Crippen LogP contribution in [0.25, 0.3) is 21.3 Å². The Morgan fingerprint density at radius 3 is 2.39 bits per heavy atom. The number of nitrogens with one attached hydrogen (secondary N) is 3. The molecule has 15 heteroatoms. The normalized spacial score (nSPS) is 19.3. The number of carbonyl (C=O) groups is 3. The van der Waals surface area contributed by atoms with Crippen LogP contribution in [0, 0.1) is 12.3 Å². The van der Waals surface area contributed by atoms with Crippen LogP contribution in [-0.2, 0) is 32.1 Å². The van der Waals surface area contributed by atoms with Crippen LogP contribution in [0.1, 0.15) is 114 Å². The van der Waals surface area contributed by atoms with Crippen molar-refractivity contribution in [3.63, 3.8) is 0 Å². The molecule has 360 valence electrons. The zero-order valence-electron chi connectivity index (χ0n) is 40.1. The third kappa shape index (κ3) is 12.7. The van der Waals surface area contributed by atoms with Crippen molar-refractivity contribution in [3.8, 4) is 16.2 Å². The maximum Gasteiger partial charge on any atom is 0.246 e. The van der Waals surface area contributed by atoms with Gasteiger partial charge in [-0.15, -0.1) is 11.3 Å². The lowest BCUT2D eigenvalue weighted by Gasteiger charge is -2.42. The maximum atomic E-state index is 15.1. The number of unbranched alkanes of at least 4 members (excludes halogenated alkanes) is 4. The predicted octanol–water partition coefficient (Wildman–Crippen LogP) is 8.23. The van der Waals surface area contributed by atoms with Crippen LogP contribution in [0.15, 0.2) is 72.4 Å². The molecule has 13 nitrogen and oxygen atoms in total. The van der Waals surface area contributed by atoms with E-state index in [1.807, 2.05) is 75.7 Å². The van der Waals surface area contributed by atoms with Crippen molar-refractivity contribution in [1.82, 2.24) is 35.4 Å². The number of amides is 3. The molecule has 0 unspecified atom stereocenters. The number of benzene rings is 2. The minimum absolute atomic E-state index is 0.00403. The molecule has 3 amide bonds. The van der Waals surface area contributed by atoms with Gasteiger partial charge in [0.25, 0.3) is 0 Å². The summed E-state index contributed by atoms with van der Waals surface area (Å²) in [6, 6.07) is 18.3. The van der Waals surface area contributed by atoms with Crippen molar-refractivity contribution in [1.29, 1.82) is 0 Å². The molecule has 0 aliphatic carbocycles. The summed E-state index contributed by atoms with van der Waals surface area (Å²) in [5.74, 6) is -0.484. The van der Waals surface area contributed by atoms with Gasteiger partial charge in [-0.2, -0.15) is 0 Å². The van der Waals surface area contributed by atoms with E-state index in [2.05, 4.69) is 50.6 Å². The quantitative estimate of drug-likeness (QED) is 0.0564. The number of aliphatic hydroxyl groups is 1. The van der Waals surface area contributed by atoms with Gasteiger partial charge in [-0.1, -0.05) is 82.5 Å². The minimum Gasteiger partial charge on any atom is -0.492 e. The molecule has 0 saturated carbocycles. The fraction of sp³-hybridized carbons (Fsp3) is 0.519. The average molecular weight is 938 g/mol. The summed E-state index contributed by atoms with van der Waals surface area (Å²) in [4.78, 5) is 58.0. The van der Waals surface area contributed by atoms with Gasteiger partial charge in [0.1, 0.15) is 30.1 Å². The summed E-state index contributed by atoms with van der Waals surface area (Å²) in [6.07, 6.45) is 6.42. The van der Waals surface area contributed by atoms with Crippen LogP contribution >= 0.6 is 11.3 Å². The first kappa shape index (κ1) is 49.7. The van der Waals surface area contributed by atoms with Gasteiger partial charge in [0.05, 0.1) is 46.7 Å². The zero-order chi connectivity index (χ0) is 47.9. The molecule has 5 atom stereocenters. The zero-order valence-corrected chi connectivity index (χ0v) is 40.9. The van der Waals surface area contributed by atoms with E-state index in [0.29, 0.717) is 25.5 Å². The van der Waals surface area contributed by atoms with E-state index in [1.54, 1.807) is 31.4 Å². The summed E-state index contributed by atoms with van der Waals surface area (Å²) in [5, 5.41) is 17.6. The number of nitrogens with zero attached hydrogens (tertiary/aromatic N) is 4. The summed E-state index contributed by atoms with van der Waals surface area (Å²) in [5.41, 5.74) is 7.00. The number of fused-ring (bicyclic) bond motifs is 3. The first-order valence-electron chi connectivity index (χ1n) is 23.7. The number of aryl methyl sites for hydroxylation is 1. The van der Waals surface area contributed by atoms with Crippen LogP contribution in [0.2, 0.25) is 0 Å². The number of likely N-dealkylation sites (tertiary alicyclic amines) is 1. The third-order valence-corrected chi connectivity index (χ3v) is 13.7. The topological polar surface area (TPSA) is 162 Å². The Bertz CT molecular complexity index is 2440. The smallest absolute Gasteiger partial charge is 0.246 e. The molecule has 1 saturated heterocycles. The van der Waals surface area contributed by atoms with E-state index in [1.165, 1.54) is 15.8 Å². The number of carbonyl (C=O) groups excluding carboxylic acids is 3. The molecular formula is C52H68FN7O6S. The van der Waals surface area contributed by atoms with Crippen LogP contribution in [0.4, 0.5) is 4.39 Å². The number of halogens is 1. The van der Waals surface area contributed by atoms with Crippen LogP contribution in [0.5, 0.6) is 5.75 Å². The second-order valence-corrected chi connectivity index (χ2v) is 20.8. The Balaban J connectivity index is 0.803. The van der Waals surface area contributed by atoms with Gasteiger partial charge in [0.2, 0.25) is 17.7 Å². The first-order valence-corrected chi connectivity index (χ1v) is 24.6. The van der Waals surface area contributed by atoms with Gasteiger partial charge >= 0.3 is 0 Å². The molecule has 2 aromatic carbocycles. The number of aliphatic hydroxyl groups excluding tert-OH is 1. The lowest BCUT2D eigenvalue weighted by molar-refractivity contribution is -0.144. The summed E-state index contributed by atoms with van der Waals surface area (Å²) >= 11 is 1.58. The first-order chi connectivity index (χ1) is 32.0. The van der Waals surface area contributed by atoms with Gasteiger partial charge in [-0.05, 0) is 87.3 Å². The van der Waals surface area contributed by atoms with Gasteiger partial charge in [0, 0.05) is 55.3 Å². The fourth-order valence-corrected chi connectivity index (χ4v) is 10.1. The van der Waals surface area contributed by atoms with Gasteiger partial charge in [0.15, 0.2) is 0 Å². The molecule has 0 bridgehead atoms. The van der Waals surface area contributed by atoms with E-state index in [4.69, 9.17) is 14.5 Å². The molecule has 0 radical (unpaired) electrons. The number of alkyl halides is 1. The number of aromatic nitrogens is 3. The second kappa shape index (κ2) is 21.8. The lowest BCUT2D eigenvalue weighted by atomic mass is 9.85. The van der Waals surface area contributed by atoms with Crippen molar-refractivity contribution in [2.45, 2.75) is 136 Å². The van der Waals surface area contributed by atoms with E-state index >= 15 is 4.39 Å². The third-order valence-electron chi connectivity index (χ3n) is 12.8. The van der Waals surface area contributed by atoms with E-state index < -0.39 is 41.1 Å². The van der Waals surface area contributed by atoms with E-state index in [-0.39, 0.29) is 44.1 Å². The van der Waals surface area contributed by atoms with Gasteiger partial charge in [-0.3, -0.25) is 24.3 Å². The number of para-hydroxylation sites is 1. The number of thiazole rings is 1. The van der Waals surface area contributed by atoms with Crippen molar-refractivity contribution in [2.24, 2.45) is 5.41 Å². The van der Waals surface area contributed by atoms with Crippen molar-refractivity contribution in [2.75, 3.05) is 32.9 Å². The molecule has 7 rings (SSSR count). The Labute approximate surface area is 398 Å². The van der Waals surface area contributed by atoms with Crippen molar-refractivity contribution in [3.05, 3.63) is 101 Å². The number of hydrogen-bond acceptors (Lipinski definition) is 10. The Kier molecular flexibility index (Phi) is 16.2. The maximum absolute atomic E-state index is 15.1. The number of β-amino-alcohol motifs (C(OH)–C–C–N with tert-alkyl or cyclic N) is 1. The van der Waals surface area contributed by atoms with Crippen LogP contribution < -0.4 is 15.4 Å². The highest BCUT2D eigenvalue weighted by molar-refractivity contribution is 7.13. The number of aromatic amines is 1. The Morgan fingerprint density at radius 2 is 1.70 bits per heavy atom. The molecule has 1 fully saturated rings. The highest BCUT2D eigenvalue weighted by Gasteiger charge is 2.45. The minimum atomic E-state index is -1.37. The van der Waals surface area contributed by atoms with E-state index in [9.17, 15) is 19.5 Å². The largest absolute Gasteiger partial charge is 0.492 e. The molecule has 5 heterocycles.